The standard InChI is InChI=1S/C23H19N3O3/c1-14-9-11-16(12-10-14)25-22(28)18-17-8-5-13-24-26(17)20(19(18)23(25)29)21(27)15-6-3-2-4-7-15/h2-13,17-20H,1H3/t17-,18+,19-,20+/m1/s1. The van der Waals surface area contributed by atoms with Crippen LogP contribution in [-0.2, 0) is 9.59 Å². The molecule has 2 aromatic rings. The molecule has 4 atom stereocenters. The van der Waals surface area contributed by atoms with Crippen molar-refractivity contribution in [2.45, 2.75) is 19.0 Å². The highest BCUT2D eigenvalue weighted by Gasteiger charge is 2.64. The molecule has 0 aliphatic carbocycles. The molecule has 29 heavy (non-hydrogen) atoms. The topological polar surface area (TPSA) is 70.1 Å². The Morgan fingerprint density at radius 2 is 1.62 bits per heavy atom. The Morgan fingerprint density at radius 1 is 0.931 bits per heavy atom. The molecule has 3 heterocycles. The largest absolute Gasteiger partial charge is 0.292 e. The van der Waals surface area contributed by atoms with Crippen LogP contribution in [0.4, 0.5) is 5.69 Å². The van der Waals surface area contributed by atoms with Gasteiger partial charge in [-0.2, -0.15) is 5.10 Å². The maximum Gasteiger partial charge on any atom is 0.240 e. The Hall–Kier alpha value is -3.54. The van der Waals surface area contributed by atoms with E-state index in [1.807, 2.05) is 31.2 Å². The maximum atomic E-state index is 13.4. The van der Waals surface area contributed by atoms with E-state index in [2.05, 4.69) is 5.10 Å². The van der Waals surface area contributed by atoms with E-state index in [4.69, 9.17) is 0 Å². The summed E-state index contributed by atoms with van der Waals surface area (Å²) in [4.78, 5) is 41.3. The van der Waals surface area contributed by atoms with E-state index in [-0.39, 0.29) is 17.6 Å². The van der Waals surface area contributed by atoms with Crippen molar-refractivity contribution in [2.75, 3.05) is 4.90 Å². The van der Waals surface area contributed by atoms with E-state index in [0.29, 0.717) is 11.3 Å². The van der Waals surface area contributed by atoms with Gasteiger partial charge in [0.15, 0.2) is 5.78 Å². The number of rotatable bonds is 3. The van der Waals surface area contributed by atoms with Gasteiger partial charge in [0.1, 0.15) is 6.04 Å². The Labute approximate surface area is 168 Å². The number of fused-ring (bicyclic) bond motifs is 3. The second-order valence-corrected chi connectivity index (χ2v) is 7.59. The van der Waals surface area contributed by atoms with Crippen LogP contribution in [0.1, 0.15) is 15.9 Å². The number of benzene rings is 2. The van der Waals surface area contributed by atoms with Gasteiger partial charge in [0, 0.05) is 11.8 Å². The van der Waals surface area contributed by atoms with Gasteiger partial charge in [-0.05, 0) is 25.1 Å². The molecule has 0 spiro atoms. The molecule has 2 fully saturated rings. The molecule has 5 rings (SSSR count). The summed E-state index contributed by atoms with van der Waals surface area (Å²) in [6.45, 7) is 1.95. The average Bonchev–Trinajstić information content (AvgIpc) is 3.22. The summed E-state index contributed by atoms with van der Waals surface area (Å²) in [6.07, 6.45) is 5.21. The predicted octanol–water partition coefficient (Wildman–Crippen LogP) is 2.59. The van der Waals surface area contributed by atoms with E-state index in [0.717, 1.165) is 5.56 Å². The molecule has 144 valence electrons. The molecule has 6 nitrogen and oxygen atoms in total. The zero-order valence-corrected chi connectivity index (χ0v) is 15.8. The maximum absolute atomic E-state index is 13.4. The van der Waals surface area contributed by atoms with Crippen LogP contribution in [0.3, 0.4) is 0 Å². The summed E-state index contributed by atoms with van der Waals surface area (Å²) >= 11 is 0. The minimum Gasteiger partial charge on any atom is -0.292 e. The molecule has 2 amide bonds. The number of aryl methyl sites for hydroxylation is 1. The highest BCUT2D eigenvalue weighted by Crippen LogP contribution is 2.46. The van der Waals surface area contributed by atoms with Crippen molar-refractivity contribution in [1.29, 1.82) is 0 Å². The molecular formula is C23H19N3O3. The molecule has 3 aliphatic rings. The highest BCUT2D eigenvalue weighted by molar-refractivity contribution is 6.24. The SMILES string of the molecule is Cc1ccc(N2C(=O)[C@@H]3[C@@H](C2=O)[C@@H](C(=O)c2ccccc2)N2N=CC=C[C@H]32)cc1. The van der Waals surface area contributed by atoms with E-state index in [1.54, 1.807) is 53.7 Å². The van der Waals surface area contributed by atoms with Crippen molar-refractivity contribution in [2.24, 2.45) is 16.9 Å². The van der Waals surface area contributed by atoms with E-state index in [1.165, 1.54) is 4.90 Å². The summed E-state index contributed by atoms with van der Waals surface area (Å²) in [5, 5.41) is 5.99. The molecule has 0 aromatic heterocycles. The van der Waals surface area contributed by atoms with Gasteiger partial charge in [-0.3, -0.25) is 19.4 Å². The number of hydrazone groups is 1. The van der Waals surface area contributed by atoms with Gasteiger partial charge < -0.3 is 0 Å². The predicted molar refractivity (Wildman–Crippen MR) is 108 cm³/mol. The highest BCUT2D eigenvalue weighted by atomic mass is 16.2. The van der Waals surface area contributed by atoms with Crippen LogP contribution < -0.4 is 4.90 Å². The summed E-state index contributed by atoms with van der Waals surface area (Å²) in [6, 6.07) is 14.9. The number of imide groups is 1. The van der Waals surface area contributed by atoms with E-state index in [9.17, 15) is 14.4 Å². The third kappa shape index (κ3) is 2.56. The number of Topliss-reactive ketones (excluding diaryl/α,β-unsaturated/α-hetero) is 1. The molecule has 2 aromatic carbocycles. The number of carbonyl (C=O) groups excluding carboxylic acids is 3. The number of allylic oxidation sites excluding steroid dienone is 1. The van der Waals surface area contributed by atoms with Gasteiger partial charge in [0.05, 0.1) is 23.6 Å². The number of ketones is 1. The molecule has 0 bridgehead atoms. The van der Waals surface area contributed by atoms with Gasteiger partial charge in [-0.15, -0.1) is 0 Å². The normalized spacial score (nSPS) is 27.3. The van der Waals surface area contributed by atoms with E-state index < -0.39 is 23.9 Å². The lowest BCUT2D eigenvalue weighted by Gasteiger charge is -2.30. The van der Waals surface area contributed by atoms with Crippen LogP contribution in [0.25, 0.3) is 0 Å². The lowest BCUT2D eigenvalue weighted by atomic mass is 9.86. The third-order valence-electron chi connectivity index (χ3n) is 5.91. The number of anilines is 1. The number of hydrogen-bond acceptors (Lipinski definition) is 5. The van der Waals surface area contributed by atoms with E-state index >= 15 is 0 Å². The van der Waals surface area contributed by atoms with Gasteiger partial charge in [-0.25, -0.2) is 4.90 Å². The van der Waals surface area contributed by atoms with Crippen molar-refractivity contribution in [3.05, 3.63) is 77.9 Å². The Kier molecular flexibility index (Phi) is 3.94. The average molecular weight is 385 g/mol. The number of carbonyl (C=O) groups is 3. The number of nitrogens with zero attached hydrogens (tertiary/aromatic N) is 3. The first kappa shape index (κ1) is 17.6. The minimum atomic E-state index is -0.805. The third-order valence-corrected chi connectivity index (χ3v) is 5.91. The Morgan fingerprint density at radius 3 is 2.34 bits per heavy atom. The minimum absolute atomic E-state index is 0.192. The van der Waals surface area contributed by atoms with Gasteiger partial charge in [0.2, 0.25) is 11.8 Å². The smallest absolute Gasteiger partial charge is 0.240 e. The van der Waals surface area contributed by atoms with Gasteiger partial charge in [0.25, 0.3) is 0 Å². The lowest BCUT2D eigenvalue weighted by Crippen LogP contribution is -2.46. The van der Waals surface area contributed by atoms with Crippen LogP contribution in [0.2, 0.25) is 0 Å². The Bertz CT molecular complexity index is 1060. The van der Waals surface area contributed by atoms with Crippen LogP contribution in [0.15, 0.2) is 71.9 Å². The fourth-order valence-electron chi connectivity index (χ4n) is 4.56. The van der Waals surface area contributed by atoms with Gasteiger partial charge in [-0.1, -0.05) is 54.1 Å². The second-order valence-electron chi connectivity index (χ2n) is 7.59. The molecule has 6 heteroatoms. The molecule has 0 unspecified atom stereocenters. The summed E-state index contributed by atoms with van der Waals surface area (Å²) in [5.41, 5.74) is 2.09. The van der Waals surface area contributed by atoms with Crippen molar-refractivity contribution < 1.29 is 14.4 Å². The quantitative estimate of drug-likeness (QED) is 0.602. The first-order valence-corrected chi connectivity index (χ1v) is 9.61. The van der Waals surface area contributed by atoms with Crippen LogP contribution in [0.5, 0.6) is 0 Å². The lowest BCUT2D eigenvalue weighted by molar-refractivity contribution is -0.123. The second kappa shape index (κ2) is 6.51. The van der Waals surface area contributed by atoms with Crippen molar-refractivity contribution >= 4 is 29.5 Å². The molecule has 0 radical (unpaired) electrons. The summed E-state index contributed by atoms with van der Waals surface area (Å²) < 4.78 is 0. The van der Waals surface area contributed by atoms with Crippen molar-refractivity contribution in [1.82, 2.24) is 5.01 Å². The fraction of sp³-hybridized carbons (Fsp3) is 0.217. The Balaban J connectivity index is 1.58. The van der Waals surface area contributed by atoms with Gasteiger partial charge >= 0.3 is 0 Å². The van der Waals surface area contributed by atoms with Crippen molar-refractivity contribution in [3.63, 3.8) is 0 Å². The summed E-state index contributed by atoms with van der Waals surface area (Å²) in [5.74, 6) is -2.20. The fourth-order valence-corrected chi connectivity index (χ4v) is 4.56. The zero-order chi connectivity index (χ0) is 20.1. The first-order chi connectivity index (χ1) is 14.1. The first-order valence-electron chi connectivity index (χ1n) is 9.61. The summed E-state index contributed by atoms with van der Waals surface area (Å²) in [7, 11) is 0. The zero-order valence-electron chi connectivity index (χ0n) is 15.8. The monoisotopic (exact) mass is 385 g/mol. The molecule has 0 saturated carbocycles. The van der Waals surface area contributed by atoms with Crippen LogP contribution >= 0.6 is 0 Å². The number of hydrogen-bond donors (Lipinski definition) is 0. The molecule has 2 saturated heterocycles. The van der Waals surface area contributed by atoms with Crippen LogP contribution in [0, 0.1) is 18.8 Å². The molecule has 0 N–H and O–H groups in total. The van der Waals surface area contributed by atoms with Crippen LogP contribution in [-0.4, -0.2) is 40.9 Å². The molecular weight excluding hydrogens is 366 g/mol. The van der Waals surface area contributed by atoms with Crippen molar-refractivity contribution in [3.8, 4) is 0 Å². The number of amides is 2. The molecule has 3 aliphatic heterocycles.